The Hall–Kier alpha value is -1.58. The first-order chi connectivity index (χ1) is 8.11. The molecule has 1 amide bonds. The van der Waals surface area contributed by atoms with Crippen molar-refractivity contribution in [3.8, 4) is 0 Å². The van der Waals surface area contributed by atoms with Crippen LogP contribution in [0, 0.1) is 0 Å². The maximum absolute atomic E-state index is 12.5. The van der Waals surface area contributed by atoms with Crippen LogP contribution in [0.1, 0.15) is 43.5 Å². The monoisotopic (exact) mass is 233 g/mol. The minimum absolute atomic E-state index is 0.0320. The van der Waals surface area contributed by atoms with Gasteiger partial charge in [0.25, 0.3) is 5.91 Å². The van der Waals surface area contributed by atoms with Crippen LogP contribution in [-0.4, -0.2) is 27.9 Å². The van der Waals surface area contributed by atoms with E-state index in [4.69, 9.17) is 5.73 Å². The molecule has 1 aromatic rings. The summed E-state index contributed by atoms with van der Waals surface area (Å²) >= 11 is 0. The number of nitrogen functional groups attached to an aromatic ring is 1. The number of amides is 1. The third-order valence-electron chi connectivity index (χ3n) is 3.51. The molecule has 2 N–H and O–H groups in total. The normalized spacial score (nSPS) is 24.7. The molecule has 1 aromatic heterocycles. The lowest BCUT2D eigenvalue weighted by Gasteiger charge is -2.39. The molecular formula is C13H19N3O. The molecule has 4 heteroatoms. The Morgan fingerprint density at radius 3 is 2.65 bits per heavy atom. The van der Waals surface area contributed by atoms with Crippen LogP contribution in [0.4, 0.5) is 5.69 Å². The van der Waals surface area contributed by atoms with E-state index in [-0.39, 0.29) is 5.91 Å². The first kappa shape index (κ1) is 11.9. The molecule has 0 radical (unpaired) electrons. The molecule has 17 heavy (non-hydrogen) atoms. The number of rotatable bonds is 1. The van der Waals surface area contributed by atoms with Gasteiger partial charge in [-0.05, 0) is 39.2 Å². The minimum atomic E-state index is 0.0320. The maximum atomic E-state index is 12.5. The summed E-state index contributed by atoms with van der Waals surface area (Å²) in [5.41, 5.74) is 6.84. The van der Waals surface area contributed by atoms with Crippen molar-refractivity contribution >= 4 is 11.6 Å². The average Bonchev–Trinajstić information content (AvgIpc) is 2.29. The Labute approximate surface area is 102 Å². The van der Waals surface area contributed by atoms with E-state index in [1.165, 1.54) is 12.6 Å². The van der Waals surface area contributed by atoms with Gasteiger partial charge in [0.15, 0.2) is 0 Å². The van der Waals surface area contributed by atoms with Gasteiger partial charge in [-0.25, -0.2) is 0 Å². The first-order valence-electron chi connectivity index (χ1n) is 6.13. The highest BCUT2D eigenvalue weighted by molar-refractivity contribution is 5.99. The van der Waals surface area contributed by atoms with Crippen LogP contribution in [0.25, 0.3) is 0 Å². The van der Waals surface area contributed by atoms with Crippen LogP contribution in [-0.2, 0) is 0 Å². The molecule has 2 atom stereocenters. The van der Waals surface area contributed by atoms with E-state index in [2.05, 4.69) is 18.8 Å². The van der Waals surface area contributed by atoms with Gasteiger partial charge in [-0.2, -0.15) is 0 Å². The Morgan fingerprint density at radius 2 is 2.06 bits per heavy atom. The molecule has 2 unspecified atom stereocenters. The smallest absolute Gasteiger partial charge is 0.256 e. The van der Waals surface area contributed by atoms with Crippen LogP contribution in [0.15, 0.2) is 18.5 Å². The molecule has 0 aromatic carbocycles. The van der Waals surface area contributed by atoms with Crippen molar-refractivity contribution in [1.29, 1.82) is 0 Å². The van der Waals surface area contributed by atoms with Crippen LogP contribution in [0.2, 0.25) is 0 Å². The summed E-state index contributed by atoms with van der Waals surface area (Å²) in [6.45, 7) is 4.20. The highest BCUT2D eigenvalue weighted by atomic mass is 16.2. The van der Waals surface area contributed by atoms with E-state index in [0.717, 1.165) is 12.8 Å². The summed E-state index contributed by atoms with van der Waals surface area (Å²) in [6, 6.07) is 2.28. The van der Waals surface area contributed by atoms with E-state index in [0.29, 0.717) is 23.3 Å². The zero-order valence-electron chi connectivity index (χ0n) is 10.4. The number of nitrogens with two attached hydrogens (primary N) is 1. The third-order valence-corrected chi connectivity index (χ3v) is 3.51. The second-order valence-electron chi connectivity index (χ2n) is 4.80. The van der Waals surface area contributed by atoms with Crippen LogP contribution >= 0.6 is 0 Å². The predicted octanol–water partition coefficient (Wildman–Crippen LogP) is 2.07. The van der Waals surface area contributed by atoms with E-state index in [1.807, 2.05) is 4.90 Å². The molecule has 0 bridgehead atoms. The van der Waals surface area contributed by atoms with Gasteiger partial charge < -0.3 is 10.6 Å². The van der Waals surface area contributed by atoms with Gasteiger partial charge in [0.05, 0.1) is 17.4 Å². The Balaban J connectivity index is 2.27. The molecule has 2 rings (SSSR count). The molecule has 4 nitrogen and oxygen atoms in total. The minimum Gasteiger partial charge on any atom is -0.397 e. The lowest BCUT2D eigenvalue weighted by Crippen LogP contribution is -2.47. The molecule has 1 fully saturated rings. The standard InChI is InChI=1S/C13H19N3O/c1-9-4-3-5-10(2)16(9)13(17)11-6-7-15-8-12(11)14/h6-10H,3-5,14H2,1-2H3. The zero-order chi connectivity index (χ0) is 12.4. The molecule has 2 heterocycles. The number of piperidine rings is 1. The molecule has 1 aliphatic rings. The number of hydrogen-bond donors (Lipinski definition) is 1. The van der Waals surface area contributed by atoms with Crippen LogP contribution in [0.3, 0.4) is 0 Å². The SMILES string of the molecule is CC1CCCC(C)N1C(=O)c1ccncc1N. The topological polar surface area (TPSA) is 59.2 Å². The van der Waals surface area contributed by atoms with Gasteiger partial charge >= 0.3 is 0 Å². The summed E-state index contributed by atoms with van der Waals surface area (Å²) in [6.07, 6.45) is 6.48. The molecule has 0 aliphatic carbocycles. The Bertz CT molecular complexity index is 409. The van der Waals surface area contributed by atoms with Crippen LogP contribution in [0.5, 0.6) is 0 Å². The summed E-state index contributed by atoms with van der Waals surface area (Å²) in [4.78, 5) is 18.3. The fraction of sp³-hybridized carbons (Fsp3) is 0.538. The molecule has 0 saturated carbocycles. The number of carbonyl (C=O) groups excluding carboxylic acids is 1. The second kappa shape index (κ2) is 4.73. The Kier molecular flexibility index (Phi) is 3.31. The van der Waals surface area contributed by atoms with E-state index in [9.17, 15) is 4.79 Å². The number of carbonyl (C=O) groups is 1. The Morgan fingerprint density at radius 1 is 1.41 bits per heavy atom. The quantitative estimate of drug-likeness (QED) is 0.807. The highest BCUT2D eigenvalue weighted by Crippen LogP contribution is 2.25. The number of anilines is 1. The average molecular weight is 233 g/mol. The predicted molar refractivity (Wildman–Crippen MR) is 67.6 cm³/mol. The molecule has 0 spiro atoms. The van der Waals surface area contributed by atoms with Crippen LogP contribution < -0.4 is 5.73 Å². The molecular weight excluding hydrogens is 214 g/mol. The highest BCUT2D eigenvalue weighted by Gasteiger charge is 2.30. The van der Waals surface area contributed by atoms with Crippen molar-refractivity contribution in [2.45, 2.75) is 45.2 Å². The van der Waals surface area contributed by atoms with E-state index < -0.39 is 0 Å². The molecule has 1 aliphatic heterocycles. The number of nitrogens with zero attached hydrogens (tertiary/aromatic N) is 2. The van der Waals surface area contributed by atoms with Crippen molar-refractivity contribution in [3.63, 3.8) is 0 Å². The molecule has 92 valence electrons. The number of hydrogen-bond acceptors (Lipinski definition) is 3. The lowest BCUT2D eigenvalue weighted by molar-refractivity contribution is 0.0512. The van der Waals surface area contributed by atoms with Crippen molar-refractivity contribution in [1.82, 2.24) is 9.88 Å². The fourth-order valence-electron chi connectivity index (χ4n) is 2.56. The van der Waals surface area contributed by atoms with Crippen molar-refractivity contribution in [2.24, 2.45) is 0 Å². The zero-order valence-corrected chi connectivity index (χ0v) is 10.4. The largest absolute Gasteiger partial charge is 0.397 e. The second-order valence-corrected chi connectivity index (χ2v) is 4.80. The van der Waals surface area contributed by atoms with Crippen molar-refractivity contribution < 1.29 is 4.79 Å². The molecule has 1 saturated heterocycles. The summed E-state index contributed by atoms with van der Waals surface area (Å²) < 4.78 is 0. The van der Waals surface area contributed by atoms with Gasteiger partial charge in [0.2, 0.25) is 0 Å². The number of pyridine rings is 1. The van der Waals surface area contributed by atoms with Gasteiger partial charge in [-0.15, -0.1) is 0 Å². The summed E-state index contributed by atoms with van der Waals surface area (Å²) in [5.74, 6) is 0.0320. The van der Waals surface area contributed by atoms with Crippen molar-refractivity contribution in [2.75, 3.05) is 5.73 Å². The number of likely N-dealkylation sites (tertiary alicyclic amines) is 1. The van der Waals surface area contributed by atoms with Crippen molar-refractivity contribution in [3.05, 3.63) is 24.0 Å². The van der Waals surface area contributed by atoms with Gasteiger partial charge in [-0.1, -0.05) is 0 Å². The third kappa shape index (κ3) is 2.25. The maximum Gasteiger partial charge on any atom is 0.256 e. The van der Waals surface area contributed by atoms with Gasteiger partial charge in [-0.3, -0.25) is 9.78 Å². The van der Waals surface area contributed by atoms with Gasteiger partial charge in [0, 0.05) is 18.3 Å². The van der Waals surface area contributed by atoms with E-state index >= 15 is 0 Å². The number of aromatic nitrogens is 1. The van der Waals surface area contributed by atoms with E-state index in [1.54, 1.807) is 12.3 Å². The fourth-order valence-corrected chi connectivity index (χ4v) is 2.56. The lowest BCUT2D eigenvalue weighted by atomic mass is 9.96. The summed E-state index contributed by atoms with van der Waals surface area (Å²) in [5, 5.41) is 0. The van der Waals surface area contributed by atoms with Gasteiger partial charge in [0.1, 0.15) is 0 Å². The summed E-state index contributed by atoms with van der Waals surface area (Å²) in [7, 11) is 0. The first-order valence-corrected chi connectivity index (χ1v) is 6.13.